The third-order valence-electron chi connectivity index (χ3n) is 10.9. The first-order valence-corrected chi connectivity index (χ1v) is 23.2. The third kappa shape index (κ3) is 6.63. The highest BCUT2D eigenvalue weighted by atomic mass is 28.3. The van der Waals surface area contributed by atoms with E-state index in [1.165, 1.54) is 0 Å². The van der Waals surface area contributed by atoms with Crippen LogP contribution in [-0.2, 0) is 0 Å². The van der Waals surface area contributed by atoms with E-state index >= 15 is 0 Å². The number of hydrogen-bond acceptors (Lipinski definition) is 0. The minimum absolute atomic E-state index is 0.0393. The summed E-state index contributed by atoms with van der Waals surface area (Å²) < 4.78 is 78.2. The summed E-state index contributed by atoms with van der Waals surface area (Å²) in [6.07, 6.45) is 0. The smallest absolute Gasteiger partial charge is 0.0623 e. The SMILES string of the molecule is [2H]c1c([2H])c([2H])c([Si](c2ccccc2)(c2cccc(-c3ccccc3)c2)c2c([2H])c(C)c([2H])c([Si](c3ccccc3)(c3ccccc3)c3cccc(-c4ccccc4)c3)c2[2H])c([2H])c1[2H]. The molecule has 0 fully saturated rings. The minimum Gasteiger partial charge on any atom is -0.0623 e. The molecule has 0 saturated carbocycles. The lowest BCUT2D eigenvalue weighted by Gasteiger charge is -2.38. The molecule has 0 radical (unpaired) electrons. The van der Waals surface area contributed by atoms with Crippen LogP contribution in [0.1, 0.15) is 16.5 Å². The van der Waals surface area contributed by atoms with Gasteiger partial charge in [0.25, 0.3) is 0 Å². The summed E-state index contributed by atoms with van der Waals surface area (Å²) in [5.74, 6) is 0. The maximum Gasteiger partial charge on any atom is 0.179 e. The van der Waals surface area contributed by atoms with Crippen LogP contribution in [0.3, 0.4) is 0 Å². The molecule has 0 amide bonds. The molecule has 272 valence electrons. The van der Waals surface area contributed by atoms with E-state index < -0.39 is 34.3 Å². The summed E-state index contributed by atoms with van der Waals surface area (Å²) in [6.45, 7) is 1.76. The van der Waals surface area contributed by atoms with Crippen molar-refractivity contribution in [1.82, 2.24) is 0 Å². The van der Waals surface area contributed by atoms with Crippen molar-refractivity contribution in [2.75, 3.05) is 0 Å². The minimum atomic E-state index is -4.39. The number of hydrogen-bond donors (Lipinski definition) is 0. The second-order valence-corrected chi connectivity index (χ2v) is 21.6. The van der Waals surface area contributed by atoms with Gasteiger partial charge in [-0.05, 0) is 70.7 Å². The Bertz CT molecular complexity index is 3120. The van der Waals surface area contributed by atoms with Crippen molar-refractivity contribution >= 4 is 57.6 Å². The molecule has 2 heteroatoms. The van der Waals surface area contributed by atoms with Crippen molar-refractivity contribution in [2.24, 2.45) is 0 Å². The Hall–Kier alpha value is -6.59. The molecule has 1 atom stereocenters. The Kier molecular flexibility index (Phi) is 7.77. The standard InChI is InChI=1S/C55H44Si2/c1-43-38-54(56(48-28-12-4-13-29-48,49-30-14-5-15-31-49)52-36-20-26-46(40-52)44-22-8-2-9-23-44)42-55(39-43)57(50-32-16-6-17-33-50,51-34-18-7-19-35-51)53-37-21-27-47(41-53)45-24-10-3-11-25-45/h2-42H,1H3/i4D,12D,13D,28D,29D,38D,39D,42D. The average Bonchev–Trinajstić information content (AvgIpc) is 3.36. The van der Waals surface area contributed by atoms with Crippen LogP contribution < -0.4 is 41.5 Å². The van der Waals surface area contributed by atoms with Gasteiger partial charge in [0.15, 0.2) is 16.1 Å². The van der Waals surface area contributed by atoms with Crippen LogP contribution in [0.15, 0.2) is 249 Å². The lowest BCUT2D eigenvalue weighted by Crippen LogP contribution is -2.78. The lowest BCUT2D eigenvalue weighted by molar-refractivity contribution is 1.50. The highest BCUT2D eigenvalue weighted by Crippen LogP contribution is 2.22. The van der Waals surface area contributed by atoms with Crippen molar-refractivity contribution in [3.05, 3.63) is 254 Å². The fraction of sp³-hybridized carbons (Fsp3) is 0.0182. The van der Waals surface area contributed by atoms with E-state index in [2.05, 4.69) is 54.6 Å². The van der Waals surface area contributed by atoms with Gasteiger partial charge >= 0.3 is 0 Å². The maximum atomic E-state index is 11.0. The quantitative estimate of drug-likeness (QED) is 0.0976. The van der Waals surface area contributed by atoms with Crippen molar-refractivity contribution in [3.8, 4) is 22.3 Å². The summed E-state index contributed by atoms with van der Waals surface area (Å²) in [6, 6.07) is 63.6. The van der Waals surface area contributed by atoms with Gasteiger partial charge in [-0.1, -0.05) is 254 Å². The van der Waals surface area contributed by atoms with E-state index in [1.807, 2.05) is 146 Å². The topological polar surface area (TPSA) is 0 Å². The fourth-order valence-electron chi connectivity index (χ4n) is 8.40. The lowest BCUT2D eigenvalue weighted by atomic mass is 10.1. The monoisotopic (exact) mass is 768 g/mol. The second-order valence-electron chi connectivity index (χ2n) is 14.2. The van der Waals surface area contributed by atoms with Gasteiger partial charge in [0.05, 0.1) is 11.0 Å². The Balaban J connectivity index is 1.54. The highest BCUT2D eigenvalue weighted by Gasteiger charge is 2.46. The summed E-state index contributed by atoms with van der Waals surface area (Å²) >= 11 is 0. The van der Waals surface area contributed by atoms with Crippen LogP contribution >= 0.6 is 0 Å². The Morgan fingerprint density at radius 2 is 0.632 bits per heavy atom. The zero-order chi connectivity index (χ0) is 45.5. The molecule has 9 aromatic carbocycles. The molecule has 0 bridgehead atoms. The maximum absolute atomic E-state index is 11.0. The largest absolute Gasteiger partial charge is 0.179 e. The molecule has 1 unspecified atom stereocenters. The second kappa shape index (κ2) is 15.9. The molecule has 0 saturated heterocycles. The molecule has 0 N–H and O–H groups in total. The molecule has 0 aliphatic heterocycles. The predicted octanol–water partition coefficient (Wildman–Crippen LogP) is 8.08. The molecule has 0 aliphatic rings. The van der Waals surface area contributed by atoms with E-state index in [0.717, 1.165) is 37.8 Å². The molecule has 57 heavy (non-hydrogen) atoms. The summed E-state index contributed by atoms with van der Waals surface area (Å²) in [7, 11) is -8.17. The van der Waals surface area contributed by atoms with E-state index in [-0.39, 0.29) is 40.6 Å². The Labute approximate surface area is 350 Å². The van der Waals surface area contributed by atoms with Gasteiger partial charge in [-0.25, -0.2) is 0 Å². The van der Waals surface area contributed by atoms with Gasteiger partial charge in [-0.3, -0.25) is 0 Å². The number of benzene rings is 9. The first kappa shape index (κ1) is 27.9. The van der Waals surface area contributed by atoms with Crippen LogP contribution in [-0.4, -0.2) is 16.1 Å². The third-order valence-corrected chi connectivity index (χ3v) is 19.9. The van der Waals surface area contributed by atoms with Crippen LogP contribution in [0.2, 0.25) is 0 Å². The van der Waals surface area contributed by atoms with E-state index in [0.29, 0.717) is 21.1 Å². The van der Waals surface area contributed by atoms with E-state index in [4.69, 9.17) is 4.11 Å². The van der Waals surface area contributed by atoms with E-state index in [1.54, 1.807) is 6.92 Å². The number of rotatable bonds is 10. The molecular formula is C55H44Si2. The van der Waals surface area contributed by atoms with Crippen molar-refractivity contribution in [1.29, 1.82) is 0 Å². The van der Waals surface area contributed by atoms with Gasteiger partial charge < -0.3 is 0 Å². The molecule has 0 aliphatic carbocycles. The Morgan fingerprint density at radius 3 is 1.04 bits per heavy atom. The molecular weight excluding hydrogens is 717 g/mol. The molecule has 0 aromatic heterocycles. The van der Waals surface area contributed by atoms with Crippen LogP contribution in [0, 0.1) is 6.92 Å². The van der Waals surface area contributed by atoms with Crippen molar-refractivity contribution < 1.29 is 11.0 Å². The zero-order valence-corrected chi connectivity index (χ0v) is 33.6. The fourth-order valence-corrected chi connectivity index (χ4v) is 17.5. The summed E-state index contributed by atoms with van der Waals surface area (Å²) in [4.78, 5) is 0. The predicted molar refractivity (Wildman–Crippen MR) is 249 cm³/mol. The molecule has 0 spiro atoms. The summed E-state index contributed by atoms with van der Waals surface area (Å²) in [5, 5.41) is 4.87. The first-order valence-electron chi connectivity index (χ1n) is 23.2. The van der Waals surface area contributed by atoms with Gasteiger partial charge in [0.2, 0.25) is 0 Å². The highest BCUT2D eigenvalue weighted by molar-refractivity contribution is 7.22. The Morgan fingerprint density at radius 1 is 0.298 bits per heavy atom. The van der Waals surface area contributed by atoms with Gasteiger partial charge in [0, 0.05) is 0 Å². The zero-order valence-electron chi connectivity index (χ0n) is 39.6. The van der Waals surface area contributed by atoms with Crippen LogP contribution in [0.4, 0.5) is 0 Å². The van der Waals surface area contributed by atoms with Gasteiger partial charge in [0.1, 0.15) is 0 Å². The van der Waals surface area contributed by atoms with Gasteiger partial charge in [-0.2, -0.15) is 0 Å². The molecule has 9 aromatic rings. The molecule has 0 heterocycles. The van der Waals surface area contributed by atoms with Crippen LogP contribution in [0.5, 0.6) is 0 Å². The average molecular weight is 769 g/mol. The summed E-state index contributed by atoms with van der Waals surface area (Å²) in [5.41, 5.74) is 4.09. The van der Waals surface area contributed by atoms with Crippen molar-refractivity contribution in [2.45, 2.75) is 6.92 Å². The van der Waals surface area contributed by atoms with E-state index in [9.17, 15) is 6.85 Å². The van der Waals surface area contributed by atoms with Gasteiger partial charge in [-0.15, -0.1) is 0 Å². The first-order chi connectivity index (χ1) is 31.5. The molecule has 9 rings (SSSR count). The normalized spacial score (nSPS) is 14.4. The molecule has 0 nitrogen and oxygen atoms in total. The van der Waals surface area contributed by atoms with Crippen LogP contribution in [0.25, 0.3) is 22.3 Å². The van der Waals surface area contributed by atoms with Crippen molar-refractivity contribution in [3.63, 3.8) is 0 Å².